The van der Waals surface area contributed by atoms with Crippen LogP contribution >= 0.6 is 0 Å². The molecule has 1 amide bonds. The number of amides is 1. The Labute approximate surface area is 147 Å². The van der Waals surface area contributed by atoms with Gasteiger partial charge < -0.3 is 10.2 Å². The van der Waals surface area contributed by atoms with Crippen molar-refractivity contribution in [2.45, 2.75) is 25.3 Å². The number of benzene rings is 1. The maximum atomic E-state index is 12.8. The predicted molar refractivity (Wildman–Crippen MR) is 93.9 cm³/mol. The van der Waals surface area contributed by atoms with E-state index in [2.05, 4.69) is 28.3 Å². The van der Waals surface area contributed by atoms with Gasteiger partial charge in [-0.2, -0.15) is 10.4 Å². The van der Waals surface area contributed by atoms with Crippen molar-refractivity contribution >= 4 is 11.6 Å². The van der Waals surface area contributed by atoms with E-state index < -0.39 is 5.41 Å². The maximum absolute atomic E-state index is 12.8. The summed E-state index contributed by atoms with van der Waals surface area (Å²) in [5.74, 6) is -0.367. The van der Waals surface area contributed by atoms with Gasteiger partial charge in [0.2, 0.25) is 5.91 Å². The molecule has 2 atom stereocenters. The van der Waals surface area contributed by atoms with Gasteiger partial charge in [0.05, 0.1) is 12.0 Å². The summed E-state index contributed by atoms with van der Waals surface area (Å²) in [7, 11) is 0. The summed E-state index contributed by atoms with van der Waals surface area (Å²) in [6, 6.07) is 12.2. The number of carbonyl (C=O) groups excluding carboxylic acids is 1. The second kappa shape index (κ2) is 6.01. The van der Waals surface area contributed by atoms with Crippen LogP contribution in [0.1, 0.15) is 18.2 Å². The van der Waals surface area contributed by atoms with Gasteiger partial charge in [0, 0.05) is 50.2 Å². The highest BCUT2D eigenvalue weighted by atomic mass is 16.2. The maximum Gasteiger partial charge on any atom is 0.237 e. The molecule has 2 aliphatic rings. The van der Waals surface area contributed by atoms with E-state index in [1.54, 1.807) is 0 Å². The van der Waals surface area contributed by atoms with Gasteiger partial charge in [-0.15, -0.1) is 0 Å². The number of para-hydroxylation sites is 1. The Morgan fingerprint density at radius 1 is 1.40 bits per heavy atom. The van der Waals surface area contributed by atoms with E-state index in [1.165, 1.54) is 5.69 Å². The first-order valence-corrected chi connectivity index (χ1v) is 8.72. The number of nitriles is 1. The van der Waals surface area contributed by atoms with Crippen molar-refractivity contribution in [1.29, 1.82) is 5.26 Å². The summed E-state index contributed by atoms with van der Waals surface area (Å²) >= 11 is 0. The topological polar surface area (TPSA) is 74.0 Å². The third kappa shape index (κ3) is 2.35. The SMILES string of the molecule is CCn1nccc1CCN1C[C@@H](C#N)[C@]2(C1)C(=O)Nc1ccccc12. The highest BCUT2D eigenvalue weighted by Crippen LogP contribution is 2.47. The molecule has 25 heavy (non-hydrogen) atoms. The zero-order valence-corrected chi connectivity index (χ0v) is 14.3. The average molecular weight is 335 g/mol. The number of aryl methyl sites for hydroxylation is 1. The summed E-state index contributed by atoms with van der Waals surface area (Å²) in [4.78, 5) is 15.0. The summed E-state index contributed by atoms with van der Waals surface area (Å²) in [5.41, 5.74) is 2.26. The minimum atomic E-state index is -0.740. The largest absolute Gasteiger partial charge is 0.325 e. The zero-order chi connectivity index (χ0) is 17.4. The fourth-order valence-electron chi connectivity index (χ4n) is 4.23. The Bertz CT molecular complexity index is 851. The molecule has 1 aromatic heterocycles. The van der Waals surface area contributed by atoms with Crippen molar-refractivity contribution in [1.82, 2.24) is 14.7 Å². The average Bonchev–Trinajstić information content (AvgIpc) is 3.31. The second-order valence-corrected chi connectivity index (χ2v) is 6.78. The van der Waals surface area contributed by atoms with Crippen molar-refractivity contribution in [3.05, 3.63) is 47.8 Å². The Kier molecular flexibility index (Phi) is 3.81. The zero-order valence-electron chi connectivity index (χ0n) is 14.3. The Morgan fingerprint density at radius 2 is 2.24 bits per heavy atom. The third-order valence-electron chi connectivity index (χ3n) is 5.51. The highest BCUT2D eigenvalue weighted by Gasteiger charge is 2.57. The fraction of sp³-hybridized carbons (Fsp3) is 0.421. The van der Waals surface area contributed by atoms with Gasteiger partial charge in [-0.05, 0) is 24.6 Å². The molecule has 6 nitrogen and oxygen atoms in total. The first kappa shape index (κ1) is 15.9. The number of rotatable bonds is 4. The number of aromatic nitrogens is 2. The molecule has 1 fully saturated rings. The molecule has 1 aromatic carbocycles. The van der Waals surface area contributed by atoms with Crippen LogP contribution in [0.5, 0.6) is 0 Å². The minimum absolute atomic E-state index is 0.0404. The lowest BCUT2D eigenvalue weighted by Gasteiger charge is -2.24. The molecule has 0 radical (unpaired) electrons. The monoisotopic (exact) mass is 335 g/mol. The molecule has 6 heteroatoms. The van der Waals surface area contributed by atoms with E-state index in [-0.39, 0.29) is 11.8 Å². The molecule has 4 rings (SSSR count). The molecule has 1 saturated heterocycles. The van der Waals surface area contributed by atoms with Crippen molar-refractivity contribution in [2.24, 2.45) is 5.92 Å². The smallest absolute Gasteiger partial charge is 0.237 e. The Morgan fingerprint density at radius 3 is 3.04 bits per heavy atom. The van der Waals surface area contributed by atoms with E-state index in [9.17, 15) is 10.1 Å². The Hall–Kier alpha value is -2.65. The van der Waals surface area contributed by atoms with Gasteiger partial charge in [0.15, 0.2) is 0 Å². The van der Waals surface area contributed by atoms with Gasteiger partial charge >= 0.3 is 0 Å². The molecule has 0 saturated carbocycles. The number of nitrogens with one attached hydrogen (secondary N) is 1. The molecular weight excluding hydrogens is 314 g/mol. The van der Waals surface area contributed by atoms with Crippen LogP contribution in [-0.2, 0) is 23.2 Å². The molecule has 2 aromatic rings. The molecular formula is C19H21N5O. The van der Waals surface area contributed by atoms with Crippen LogP contribution in [0.4, 0.5) is 5.69 Å². The van der Waals surface area contributed by atoms with Crippen LogP contribution in [0.2, 0.25) is 0 Å². The lowest BCUT2D eigenvalue weighted by atomic mass is 9.74. The van der Waals surface area contributed by atoms with Crippen molar-refractivity contribution in [2.75, 3.05) is 25.0 Å². The van der Waals surface area contributed by atoms with Crippen LogP contribution in [0, 0.1) is 17.2 Å². The molecule has 2 aliphatic heterocycles. The van der Waals surface area contributed by atoms with Gasteiger partial charge in [-0.1, -0.05) is 18.2 Å². The van der Waals surface area contributed by atoms with Crippen LogP contribution in [0.3, 0.4) is 0 Å². The molecule has 128 valence electrons. The van der Waals surface area contributed by atoms with Crippen molar-refractivity contribution in [3.63, 3.8) is 0 Å². The lowest BCUT2D eigenvalue weighted by Crippen LogP contribution is -2.42. The van der Waals surface area contributed by atoms with E-state index in [0.29, 0.717) is 13.1 Å². The summed E-state index contributed by atoms with van der Waals surface area (Å²) in [5, 5.41) is 17.0. The first-order valence-electron chi connectivity index (χ1n) is 8.72. The lowest BCUT2D eigenvalue weighted by molar-refractivity contribution is -0.121. The number of likely N-dealkylation sites (tertiary alicyclic amines) is 1. The fourth-order valence-corrected chi connectivity index (χ4v) is 4.23. The molecule has 0 aliphatic carbocycles. The molecule has 1 N–H and O–H groups in total. The first-order chi connectivity index (χ1) is 12.2. The van der Waals surface area contributed by atoms with Crippen molar-refractivity contribution < 1.29 is 4.79 Å². The summed E-state index contributed by atoms with van der Waals surface area (Å²) in [6.07, 6.45) is 2.69. The third-order valence-corrected chi connectivity index (χ3v) is 5.51. The summed E-state index contributed by atoms with van der Waals surface area (Å²) < 4.78 is 1.99. The van der Waals surface area contributed by atoms with Crippen LogP contribution < -0.4 is 5.32 Å². The highest BCUT2D eigenvalue weighted by molar-refractivity contribution is 6.07. The minimum Gasteiger partial charge on any atom is -0.325 e. The molecule has 3 heterocycles. The van der Waals surface area contributed by atoms with E-state index in [0.717, 1.165) is 30.8 Å². The number of hydrogen-bond donors (Lipinski definition) is 1. The second-order valence-electron chi connectivity index (χ2n) is 6.78. The number of fused-ring (bicyclic) bond motifs is 2. The quantitative estimate of drug-likeness (QED) is 0.924. The predicted octanol–water partition coefficient (Wildman–Crippen LogP) is 1.79. The number of anilines is 1. The molecule has 0 bridgehead atoms. The van der Waals surface area contributed by atoms with E-state index in [1.807, 2.05) is 41.2 Å². The standard InChI is InChI=1S/C19H21N5O/c1-2-24-15(7-9-21-24)8-10-23-12-14(11-20)19(13-23)16-5-3-4-6-17(16)22-18(19)25/h3-7,9,14H,2,8,10,12-13H2,1H3,(H,22,25)/t14-,19+/m1/s1. The van der Waals surface area contributed by atoms with Gasteiger partial charge in [-0.3, -0.25) is 9.48 Å². The molecule has 1 spiro atoms. The number of hydrogen-bond acceptors (Lipinski definition) is 4. The van der Waals surface area contributed by atoms with E-state index >= 15 is 0 Å². The van der Waals surface area contributed by atoms with Crippen LogP contribution in [-0.4, -0.2) is 40.2 Å². The van der Waals surface area contributed by atoms with E-state index in [4.69, 9.17) is 0 Å². The normalized spacial score (nSPS) is 25.1. The van der Waals surface area contributed by atoms with Gasteiger partial charge in [-0.25, -0.2) is 0 Å². The van der Waals surface area contributed by atoms with Crippen LogP contribution in [0.15, 0.2) is 36.5 Å². The number of carbonyl (C=O) groups is 1. The number of nitrogens with zero attached hydrogens (tertiary/aromatic N) is 4. The van der Waals surface area contributed by atoms with Gasteiger partial charge in [0.1, 0.15) is 5.41 Å². The van der Waals surface area contributed by atoms with Crippen LogP contribution in [0.25, 0.3) is 0 Å². The van der Waals surface area contributed by atoms with Crippen molar-refractivity contribution in [3.8, 4) is 6.07 Å². The van der Waals surface area contributed by atoms with Gasteiger partial charge in [0.25, 0.3) is 0 Å². The molecule has 0 unspecified atom stereocenters. The summed E-state index contributed by atoms with van der Waals surface area (Å²) in [6.45, 7) is 4.96. The Balaban J connectivity index is 1.57.